The molecule has 0 spiro atoms. The first-order chi connectivity index (χ1) is 13.7. The van der Waals surface area contributed by atoms with Gasteiger partial charge in [0.05, 0.1) is 12.7 Å². The van der Waals surface area contributed by atoms with E-state index in [1.165, 1.54) is 6.92 Å². The molecule has 0 rings (SSSR count). The van der Waals surface area contributed by atoms with Gasteiger partial charge in [-0.25, -0.2) is 4.79 Å². The number of rotatable bonds is 15. The van der Waals surface area contributed by atoms with Gasteiger partial charge in [0, 0.05) is 6.42 Å². The summed E-state index contributed by atoms with van der Waals surface area (Å²) in [5.41, 5.74) is 5.50. The maximum absolute atomic E-state index is 12.5. The molecule has 11 heteroatoms. The molecule has 0 aromatic rings. The fraction of sp³-hybridized carbons (Fsp3) is 0.778. The highest BCUT2D eigenvalue weighted by atomic mass is 16.4. The normalized spacial score (nSPS) is 14.9. The summed E-state index contributed by atoms with van der Waals surface area (Å²) in [5.74, 6) is -3.49. The molecule has 0 saturated heterocycles. The van der Waals surface area contributed by atoms with Crippen molar-refractivity contribution in [2.24, 2.45) is 5.73 Å². The Kier molecular flexibility index (Phi) is 13.6. The average Bonchev–Trinajstić information content (AvgIpc) is 2.66. The molecule has 3 amide bonds. The van der Waals surface area contributed by atoms with E-state index in [4.69, 9.17) is 15.9 Å². The zero-order chi connectivity index (χ0) is 22.4. The van der Waals surface area contributed by atoms with E-state index in [0.29, 0.717) is 6.42 Å². The van der Waals surface area contributed by atoms with Crippen molar-refractivity contribution in [3.05, 3.63) is 0 Å². The van der Waals surface area contributed by atoms with Crippen molar-refractivity contribution in [1.82, 2.24) is 16.0 Å². The molecule has 0 unspecified atom stereocenters. The van der Waals surface area contributed by atoms with Crippen molar-refractivity contribution in [2.75, 3.05) is 13.2 Å². The van der Waals surface area contributed by atoms with Crippen LogP contribution in [0.15, 0.2) is 0 Å². The van der Waals surface area contributed by atoms with Crippen LogP contribution in [0.25, 0.3) is 0 Å². The Balaban J connectivity index is 4.97. The number of aliphatic hydroxyl groups is 2. The number of unbranched alkanes of at least 4 members (excludes halogenated alkanes) is 3. The van der Waals surface area contributed by atoms with Gasteiger partial charge in [0.25, 0.3) is 0 Å². The third kappa shape index (κ3) is 10.8. The molecule has 29 heavy (non-hydrogen) atoms. The zero-order valence-corrected chi connectivity index (χ0v) is 17.0. The number of carbonyl (C=O) groups excluding carboxylic acids is 3. The number of nitrogens with one attached hydrogen (secondary N) is 3. The number of amides is 3. The summed E-state index contributed by atoms with van der Waals surface area (Å²) in [6.45, 7) is 2.54. The van der Waals surface area contributed by atoms with Gasteiger partial charge < -0.3 is 37.0 Å². The quantitative estimate of drug-likeness (QED) is 0.152. The van der Waals surface area contributed by atoms with Crippen molar-refractivity contribution in [3.63, 3.8) is 0 Å². The Morgan fingerprint density at radius 3 is 2.10 bits per heavy atom. The van der Waals surface area contributed by atoms with Crippen molar-refractivity contribution >= 4 is 23.7 Å². The second-order valence-electron chi connectivity index (χ2n) is 6.82. The van der Waals surface area contributed by atoms with E-state index in [1.54, 1.807) is 0 Å². The first-order valence-corrected chi connectivity index (χ1v) is 9.79. The molecule has 0 bridgehead atoms. The molecule has 0 aromatic carbocycles. The summed E-state index contributed by atoms with van der Waals surface area (Å²) in [6, 6.07) is -4.05. The average molecular weight is 418 g/mol. The zero-order valence-electron chi connectivity index (χ0n) is 17.0. The van der Waals surface area contributed by atoms with Crippen molar-refractivity contribution in [1.29, 1.82) is 0 Å². The predicted octanol–water partition coefficient (Wildman–Crippen LogP) is -1.78. The molecule has 0 saturated carbocycles. The van der Waals surface area contributed by atoms with Crippen LogP contribution in [-0.2, 0) is 19.2 Å². The summed E-state index contributed by atoms with van der Waals surface area (Å²) in [5, 5.41) is 34.6. The van der Waals surface area contributed by atoms with Crippen LogP contribution in [-0.4, -0.2) is 76.4 Å². The highest BCUT2D eigenvalue weighted by Crippen LogP contribution is 2.04. The maximum Gasteiger partial charge on any atom is 0.328 e. The number of carboxylic acid groups (broad SMARTS) is 1. The highest BCUT2D eigenvalue weighted by molar-refractivity contribution is 5.93. The van der Waals surface area contributed by atoms with Crippen LogP contribution < -0.4 is 21.7 Å². The van der Waals surface area contributed by atoms with Gasteiger partial charge in [0.15, 0.2) is 0 Å². The third-order valence-electron chi connectivity index (χ3n) is 4.22. The number of aliphatic carboxylic acids is 1. The Bertz CT molecular complexity index is 542. The number of carbonyl (C=O) groups is 4. The van der Waals surface area contributed by atoms with Crippen LogP contribution in [0, 0.1) is 0 Å². The molecule has 0 aromatic heterocycles. The topological polar surface area (TPSA) is 191 Å². The summed E-state index contributed by atoms with van der Waals surface area (Å²) >= 11 is 0. The minimum Gasteiger partial charge on any atom is -0.480 e. The maximum atomic E-state index is 12.5. The summed E-state index contributed by atoms with van der Waals surface area (Å²) in [7, 11) is 0. The molecule has 11 nitrogen and oxygen atoms in total. The van der Waals surface area contributed by atoms with Crippen LogP contribution in [0.2, 0.25) is 0 Å². The van der Waals surface area contributed by atoms with Crippen molar-refractivity contribution in [3.8, 4) is 0 Å². The molecular formula is C18H34N4O7. The number of aliphatic hydroxyl groups excluding tert-OH is 2. The molecule has 0 aliphatic carbocycles. The lowest BCUT2D eigenvalue weighted by molar-refractivity contribution is -0.144. The van der Waals surface area contributed by atoms with E-state index >= 15 is 0 Å². The Labute approximate surface area is 170 Å². The van der Waals surface area contributed by atoms with Crippen LogP contribution in [0.5, 0.6) is 0 Å². The predicted molar refractivity (Wildman–Crippen MR) is 105 cm³/mol. The van der Waals surface area contributed by atoms with Gasteiger partial charge in [-0.05, 0) is 26.3 Å². The van der Waals surface area contributed by atoms with E-state index in [2.05, 4.69) is 17.6 Å². The largest absolute Gasteiger partial charge is 0.480 e. The smallest absolute Gasteiger partial charge is 0.328 e. The molecule has 4 atom stereocenters. The van der Waals surface area contributed by atoms with Crippen molar-refractivity contribution in [2.45, 2.75) is 76.6 Å². The molecule has 8 N–H and O–H groups in total. The minimum atomic E-state index is -1.58. The molecule has 0 aliphatic heterocycles. The molecule has 0 radical (unpaired) electrons. The first-order valence-electron chi connectivity index (χ1n) is 9.79. The fourth-order valence-corrected chi connectivity index (χ4v) is 2.52. The lowest BCUT2D eigenvalue weighted by Crippen LogP contribution is -2.59. The molecule has 168 valence electrons. The lowest BCUT2D eigenvalue weighted by Gasteiger charge is -2.25. The molecule has 0 fully saturated rings. The first kappa shape index (κ1) is 26.8. The summed E-state index contributed by atoms with van der Waals surface area (Å²) in [6.07, 6.45) is 2.65. The van der Waals surface area contributed by atoms with Crippen LogP contribution in [0.1, 0.15) is 52.4 Å². The monoisotopic (exact) mass is 418 g/mol. The number of hydrogen-bond donors (Lipinski definition) is 7. The van der Waals surface area contributed by atoms with Crippen LogP contribution >= 0.6 is 0 Å². The second kappa shape index (κ2) is 14.7. The fourth-order valence-electron chi connectivity index (χ4n) is 2.52. The third-order valence-corrected chi connectivity index (χ3v) is 4.22. The van der Waals surface area contributed by atoms with E-state index in [1.807, 2.05) is 5.32 Å². The molecular weight excluding hydrogens is 384 g/mol. The van der Waals surface area contributed by atoms with Gasteiger partial charge in [-0.2, -0.15) is 0 Å². The lowest BCUT2D eigenvalue weighted by atomic mass is 10.1. The van der Waals surface area contributed by atoms with E-state index < -0.39 is 48.6 Å². The SMILES string of the molecule is CCCCCCC(=O)N[C@@H](CCN)C(=O)N[C@H](C(=O)N[C@H](CO)C(=O)O)[C@@H](C)O. The van der Waals surface area contributed by atoms with Crippen LogP contribution in [0.3, 0.4) is 0 Å². The number of hydrogen-bond acceptors (Lipinski definition) is 7. The molecule has 0 heterocycles. The summed E-state index contributed by atoms with van der Waals surface area (Å²) < 4.78 is 0. The van der Waals surface area contributed by atoms with Crippen molar-refractivity contribution < 1.29 is 34.5 Å². The highest BCUT2D eigenvalue weighted by Gasteiger charge is 2.31. The van der Waals surface area contributed by atoms with Gasteiger partial charge in [-0.3, -0.25) is 14.4 Å². The van der Waals surface area contributed by atoms with Gasteiger partial charge in [-0.1, -0.05) is 26.2 Å². The van der Waals surface area contributed by atoms with Gasteiger partial charge >= 0.3 is 5.97 Å². The Morgan fingerprint density at radius 2 is 1.62 bits per heavy atom. The minimum absolute atomic E-state index is 0.103. The van der Waals surface area contributed by atoms with E-state index in [0.717, 1.165) is 19.3 Å². The Hall–Kier alpha value is -2.24. The number of nitrogens with two attached hydrogens (primary N) is 1. The number of carboxylic acids is 1. The standard InChI is InChI=1S/C18H34N4O7/c1-3-4-5-6-7-14(25)20-12(8-9-19)16(26)22-15(11(2)24)17(27)21-13(10-23)18(28)29/h11-13,15,23-24H,3-10,19H2,1-2H3,(H,20,25)(H,21,27)(H,22,26)(H,28,29)/t11-,12+,13-,15+/m1/s1. The summed E-state index contributed by atoms with van der Waals surface area (Å²) in [4.78, 5) is 47.7. The van der Waals surface area contributed by atoms with Gasteiger partial charge in [0.1, 0.15) is 18.1 Å². The molecule has 0 aliphatic rings. The van der Waals surface area contributed by atoms with Crippen LogP contribution in [0.4, 0.5) is 0 Å². The Morgan fingerprint density at radius 1 is 0.966 bits per heavy atom. The second-order valence-corrected chi connectivity index (χ2v) is 6.82. The van der Waals surface area contributed by atoms with E-state index in [-0.39, 0.29) is 25.3 Å². The van der Waals surface area contributed by atoms with E-state index in [9.17, 15) is 24.3 Å². The van der Waals surface area contributed by atoms with Gasteiger partial charge in [0.2, 0.25) is 17.7 Å². The van der Waals surface area contributed by atoms with Gasteiger partial charge in [-0.15, -0.1) is 0 Å².